The quantitative estimate of drug-likeness (QED) is 0.853. The van der Waals surface area contributed by atoms with Gasteiger partial charge in [-0.25, -0.2) is 4.79 Å². The van der Waals surface area contributed by atoms with E-state index < -0.39 is 5.60 Å². The summed E-state index contributed by atoms with van der Waals surface area (Å²) in [6.07, 6.45) is 2.95. The highest BCUT2D eigenvalue weighted by Crippen LogP contribution is 2.34. The fraction of sp³-hybridized carbons (Fsp3) is 0.571. The molecule has 1 aromatic rings. The summed E-state index contributed by atoms with van der Waals surface area (Å²) in [5, 5.41) is 2.78. The van der Waals surface area contributed by atoms with Crippen LogP contribution in [-0.2, 0) is 20.7 Å². The van der Waals surface area contributed by atoms with Crippen molar-refractivity contribution in [1.82, 2.24) is 15.1 Å². The lowest BCUT2D eigenvalue weighted by Gasteiger charge is -2.39. The predicted octanol–water partition coefficient (Wildman–Crippen LogP) is 1.57. The van der Waals surface area contributed by atoms with Crippen molar-refractivity contribution in [2.75, 3.05) is 32.7 Å². The Balaban J connectivity index is 1.28. The molecule has 1 spiro atoms. The van der Waals surface area contributed by atoms with E-state index in [0.29, 0.717) is 58.4 Å². The molecule has 150 valence electrons. The van der Waals surface area contributed by atoms with Crippen LogP contribution in [0.5, 0.6) is 0 Å². The van der Waals surface area contributed by atoms with Gasteiger partial charge in [0.05, 0.1) is 12.5 Å². The fourth-order valence-corrected chi connectivity index (χ4v) is 4.37. The minimum absolute atomic E-state index is 0.0232. The number of carbonyl (C=O) groups excluding carboxylic acids is 3. The average Bonchev–Trinajstić information content (AvgIpc) is 3.02. The summed E-state index contributed by atoms with van der Waals surface area (Å²) in [5.74, 6) is 0.00969. The zero-order chi connectivity index (χ0) is 19.6. The van der Waals surface area contributed by atoms with Gasteiger partial charge in [0.15, 0.2) is 0 Å². The average molecular weight is 385 g/mol. The highest BCUT2D eigenvalue weighted by molar-refractivity contribution is 5.84. The predicted molar refractivity (Wildman–Crippen MR) is 102 cm³/mol. The van der Waals surface area contributed by atoms with E-state index >= 15 is 0 Å². The second-order valence-corrected chi connectivity index (χ2v) is 8.07. The van der Waals surface area contributed by atoms with Crippen molar-refractivity contribution in [2.24, 2.45) is 5.92 Å². The zero-order valence-electron chi connectivity index (χ0n) is 16.1. The van der Waals surface area contributed by atoms with Gasteiger partial charge in [-0.3, -0.25) is 9.59 Å². The molecule has 0 saturated carbocycles. The molecule has 3 amide bonds. The topological polar surface area (TPSA) is 79.0 Å². The van der Waals surface area contributed by atoms with E-state index in [-0.39, 0.29) is 23.8 Å². The van der Waals surface area contributed by atoms with Crippen LogP contribution in [-0.4, -0.2) is 66.0 Å². The Kier molecular flexibility index (Phi) is 5.24. The van der Waals surface area contributed by atoms with Crippen LogP contribution in [0.3, 0.4) is 0 Å². The maximum atomic E-state index is 12.7. The molecular weight excluding hydrogens is 358 g/mol. The molecule has 0 aromatic heterocycles. The van der Waals surface area contributed by atoms with Gasteiger partial charge < -0.3 is 19.9 Å². The Morgan fingerprint density at radius 1 is 1.18 bits per heavy atom. The molecule has 0 radical (unpaired) electrons. The number of hydrogen-bond donors (Lipinski definition) is 1. The van der Waals surface area contributed by atoms with Crippen LogP contribution in [0.1, 0.15) is 31.2 Å². The number of benzene rings is 1. The first-order valence-electron chi connectivity index (χ1n) is 10.1. The van der Waals surface area contributed by atoms with E-state index in [1.54, 1.807) is 4.90 Å². The van der Waals surface area contributed by atoms with Gasteiger partial charge in [0.2, 0.25) is 11.8 Å². The maximum Gasteiger partial charge on any atom is 0.410 e. The first-order valence-corrected chi connectivity index (χ1v) is 10.1. The molecule has 28 heavy (non-hydrogen) atoms. The van der Waals surface area contributed by atoms with Crippen molar-refractivity contribution >= 4 is 17.9 Å². The number of amides is 3. The van der Waals surface area contributed by atoms with Crippen LogP contribution in [0.25, 0.3) is 0 Å². The van der Waals surface area contributed by atoms with Crippen LogP contribution >= 0.6 is 0 Å². The van der Waals surface area contributed by atoms with Crippen molar-refractivity contribution < 1.29 is 19.1 Å². The molecule has 0 bridgehead atoms. The maximum absolute atomic E-state index is 12.7. The standard InChI is InChI=1S/C21H27N3O4/c25-18-7-6-17(14-22-18)19(26)23-12-9-21(10-13-23)15-24(20(27)28-21)11-8-16-4-2-1-3-5-16/h1-5,17H,6-15H2,(H,22,25)/t17-/m0/s1. The highest BCUT2D eigenvalue weighted by Gasteiger charge is 2.47. The van der Waals surface area contributed by atoms with Gasteiger partial charge in [0, 0.05) is 45.4 Å². The number of ether oxygens (including phenoxy) is 1. The van der Waals surface area contributed by atoms with Crippen LogP contribution in [0.15, 0.2) is 30.3 Å². The van der Waals surface area contributed by atoms with Crippen molar-refractivity contribution in [3.8, 4) is 0 Å². The lowest BCUT2D eigenvalue weighted by atomic mass is 9.89. The minimum atomic E-state index is -0.467. The minimum Gasteiger partial charge on any atom is -0.441 e. The van der Waals surface area contributed by atoms with Crippen LogP contribution in [0.2, 0.25) is 0 Å². The molecule has 1 atom stereocenters. The first kappa shape index (κ1) is 18.8. The molecule has 3 aliphatic rings. The van der Waals surface area contributed by atoms with Gasteiger partial charge in [-0.15, -0.1) is 0 Å². The Bertz CT molecular complexity index is 733. The summed E-state index contributed by atoms with van der Waals surface area (Å²) in [4.78, 5) is 40.0. The zero-order valence-corrected chi connectivity index (χ0v) is 16.1. The Morgan fingerprint density at radius 3 is 2.61 bits per heavy atom. The van der Waals surface area contributed by atoms with E-state index in [2.05, 4.69) is 17.4 Å². The van der Waals surface area contributed by atoms with Crippen LogP contribution in [0.4, 0.5) is 4.79 Å². The van der Waals surface area contributed by atoms with Gasteiger partial charge in [-0.2, -0.15) is 0 Å². The normalized spacial score (nSPS) is 24.2. The van der Waals surface area contributed by atoms with E-state index in [1.165, 1.54) is 5.56 Å². The third kappa shape index (κ3) is 3.98. The summed E-state index contributed by atoms with van der Waals surface area (Å²) >= 11 is 0. The van der Waals surface area contributed by atoms with Crippen molar-refractivity contribution in [1.29, 1.82) is 0 Å². The monoisotopic (exact) mass is 385 g/mol. The third-order valence-corrected chi connectivity index (χ3v) is 6.16. The number of nitrogens with one attached hydrogen (secondary N) is 1. The number of rotatable bonds is 4. The lowest BCUT2D eigenvalue weighted by molar-refractivity contribution is -0.140. The summed E-state index contributed by atoms with van der Waals surface area (Å²) < 4.78 is 5.77. The SMILES string of the molecule is O=C1CC[C@H](C(=O)N2CCC3(CC2)CN(CCc2ccccc2)C(=O)O3)CN1. The smallest absolute Gasteiger partial charge is 0.410 e. The Labute approximate surface area is 165 Å². The second kappa shape index (κ2) is 7.81. The van der Waals surface area contributed by atoms with Crippen LogP contribution in [0, 0.1) is 5.92 Å². The second-order valence-electron chi connectivity index (χ2n) is 8.07. The summed E-state index contributed by atoms with van der Waals surface area (Å²) in [6.45, 7) is 2.88. The van der Waals surface area contributed by atoms with Gasteiger partial charge in [-0.1, -0.05) is 30.3 Å². The molecule has 3 saturated heterocycles. The van der Waals surface area contributed by atoms with Gasteiger partial charge >= 0.3 is 6.09 Å². The molecule has 3 fully saturated rings. The first-order chi connectivity index (χ1) is 13.5. The Morgan fingerprint density at radius 2 is 1.93 bits per heavy atom. The van der Waals surface area contributed by atoms with Crippen molar-refractivity contribution in [3.05, 3.63) is 35.9 Å². The number of likely N-dealkylation sites (tertiary alicyclic amines) is 1. The van der Waals surface area contributed by atoms with Crippen molar-refractivity contribution in [3.63, 3.8) is 0 Å². The molecule has 4 rings (SSSR count). The van der Waals surface area contributed by atoms with E-state index in [4.69, 9.17) is 4.74 Å². The molecular formula is C21H27N3O4. The molecule has 3 aliphatic heterocycles. The molecule has 7 nitrogen and oxygen atoms in total. The number of nitrogens with zero attached hydrogens (tertiary/aromatic N) is 2. The van der Waals surface area contributed by atoms with Gasteiger partial charge in [-0.05, 0) is 18.4 Å². The fourth-order valence-electron chi connectivity index (χ4n) is 4.37. The molecule has 3 heterocycles. The molecule has 1 aromatic carbocycles. The largest absolute Gasteiger partial charge is 0.441 e. The molecule has 0 unspecified atom stereocenters. The number of piperidine rings is 2. The molecule has 0 aliphatic carbocycles. The summed E-state index contributed by atoms with van der Waals surface area (Å²) in [7, 11) is 0. The van der Waals surface area contributed by atoms with Crippen molar-refractivity contribution in [2.45, 2.75) is 37.7 Å². The van der Waals surface area contributed by atoms with E-state index in [0.717, 1.165) is 6.42 Å². The summed E-state index contributed by atoms with van der Waals surface area (Å²) in [6, 6.07) is 10.1. The van der Waals surface area contributed by atoms with Gasteiger partial charge in [0.25, 0.3) is 0 Å². The van der Waals surface area contributed by atoms with E-state index in [9.17, 15) is 14.4 Å². The Hall–Kier alpha value is -2.57. The third-order valence-electron chi connectivity index (χ3n) is 6.16. The van der Waals surface area contributed by atoms with Crippen LogP contribution < -0.4 is 5.32 Å². The molecule has 7 heteroatoms. The number of carbonyl (C=O) groups is 3. The molecule has 1 N–H and O–H groups in total. The van der Waals surface area contributed by atoms with E-state index in [1.807, 2.05) is 23.1 Å². The number of hydrogen-bond acceptors (Lipinski definition) is 4. The van der Waals surface area contributed by atoms with Gasteiger partial charge in [0.1, 0.15) is 5.60 Å². The summed E-state index contributed by atoms with van der Waals surface area (Å²) in [5.41, 5.74) is 0.738. The highest BCUT2D eigenvalue weighted by atomic mass is 16.6. The lowest BCUT2D eigenvalue weighted by Crippen LogP contribution is -2.52.